The molecule has 0 aromatic rings. The van der Waals surface area contributed by atoms with Crippen molar-refractivity contribution in [2.24, 2.45) is 5.92 Å². The Labute approximate surface area is 86.7 Å². The second-order valence-corrected chi connectivity index (χ2v) is 5.33. The lowest BCUT2D eigenvalue weighted by Crippen LogP contribution is -2.44. The van der Waals surface area contributed by atoms with Crippen LogP contribution in [0.4, 0.5) is 0 Å². The first-order valence-corrected chi connectivity index (χ1v) is 5.89. The van der Waals surface area contributed by atoms with E-state index >= 15 is 0 Å². The van der Waals surface area contributed by atoms with Crippen molar-refractivity contribution in [3.05, 3.63) is 0 Å². The maximum absolute atomic E-state index is 11.6. The van der Waals surface area contributed by atoms with Gasteiger partial charge in [-0.05, 0) is 32.6 Å². The minimum absolute atomic E-state index is 0.178. The molecular formula is C12H21NO. The van der Waals surface area contributed by atoms with E-state index in [1.165, 1.54) is 25.7 Å². The minimum Gasteiger partial charge on any atom is -0.298 e. The topological polar surface area (TPSA) is 20.3 Å². The van der Waals surface area contributed by atoms with Gasteiger partial charge < -0.3 is 0 Å². The molecule has 0 spiro atoms. The number of nitrogens with zero attached hydrogens (tertiary/aromatic N) is 1. The van der Waals surface area contributed by atoms with Crippen molar-refractivity contribution < 1.29 is 4.79 Å². The predicted octanol–water partition coefficient (Wildman–Crippen LogP) is 2.23. The van der Waals surface area contributed by atoms with E-state index in [0.717, 1.165) is 25.4 Å². The molecule has 2 aliphatic rings. The monoisotopic (exact) mass is 195 g/mol. The average Bonchev–Trinajstić information content (AvgIpc) is 2.70. The van der Waals surface area contributed by atoms with Gasteiger partial charge in [0.15, 0.2) is 5.78 Å². The molecule has 2 heteroatoms. The first kappa shape index (κ1) is 10.2. The highest BCUT2D eigenvalue weighted by Crippen LogP contribution is 2.31. The van der Waals surface area contributed by atoms with Crippen LogP contribution in [0.25, 0.3) is 0 Å². The van der Waals surface area contributed by atoms with Gasteiger partial charge in [-0.2, -0.15) is 0 Å². The molecule has 1 aliphatic carbocycles. The summed E-state index contributed by atoms with van der Waals surface area (Å²) in [7, 11) is 0. The van der Waals surface area contributed by atoms with Gasteiger partial charge in [0.2, 0.25) is 0 Å². The Hall–Kier alpha value is -0.370. The van der Waals surface area contributed by atoms with E-state index in [4.69, 9.17) is 0 Å². The zero-order chi connectivity index (χ0) is 10.2. The fraction of sp³-hybridized carbons (Fsp3) is 0.917. The van der Waals surface area contributed by atoms with E-state index in [-0.39, 0.29) is 5.54 Å². The summed E-state index contributed by atoms with van der Waals surface area (Å²) in [5.41, 5.74) is -0.178. The molecule has 1 saturated carbocycles. The third kappa shape index (κ3) is 1.72. The molecule has 1 saturated heterocycles. The Morgan fingerprint density at radius 3 is 2.50 bits per heavy atom. The third-order valence-corrected chi connectivity index (χ3v) is 4.04. The first-order valence-electron chi connectivity index (χ1n) is 5.89. The summed E-state index contributed by atoms with van der Waals surface area (Å²) in [5, 5.41) is 0. The Balaban J connectivity index is 1.94. The van der Waals surface area contributed by atoms with Gasteiger partial charge in [0.1, 0.15) is 0 Å². The summed E-state index contributed by atoms with van der Waals surface area (Å²) >= 11 is 0. The number of hydrogen-bond acceptors (Lipinski definition) is 2. The Kier molecular flexibility index (Phi) is 2.65. The lowest BCUT2D eigenvalue weighted by atomic mass is 9.98. The number of hydrogen-bond donors (Lipinski definition) is 0. The molecule has 0 aromatic carbocycles. The van der Waals surface area contributed by atoms with Crippen LogP contribution < -0.4 is 0 Å². The van der Waals surface area contributed by atoms with E-state index in [1.807, 2.05) is 0 Å². The number of carbonyl (C=O) groups excluding carboxylic acids is 1. The number of ketones is 1. The van der Waals surface area contributed by atoms with Crippen LogP contribution in [0, 0.1) is 5.92 Å². The molecule has 0 aromatic heterocycles. The van der Waals surface area contributed by atoms with E-state index in [9.17, 15) is 4.79 Å². The molecule has 2 nitrogen and oxygen atoms in total. The molecule has 14 heavy (non-hydrogen) atoms. The molecule has 0 radical (unpaired) electrons. The van der Waals surface area contributed by atoms with Crippen LogP contribution in [0.1, 0.15) is 46.0 Å². The molecule has 2 fully saturated rings. The van der Waals surface area contributed by atoms with Gasteiger partial charge in [-0.25, -0.2) is 0 Å². The number of Topliss-reactive ketones (excluding diaryl/α,β-unsaturated/α-hetero) is 1. The van der Waals surface area contributed by atoms with Crippen molar-refractivity contribution in [1.29, 1.82) is 0 Å². The summed E-state index contributed by atoms with van der Waals surface area (Å²) in [6.07, 6.45) is 6.31. The fourth-order valence-electron chi connectivity index (χ4n) is 2.82. The zero-order valence-corrected chi connectivity index (χ0v) is 9.38. The van der Waals surface area contributed by atoms with Crippen molar-refractivity contribution in [1.82, 2.24) is 4.90 Å². The highest BCUT2D eigenvalue weighted by Gasteiger charge is 2.40. The van der Waals surface area contributed by atoms with Crippen molar-refractivity contribution >= 4 is 5.78 Å². The van der Waals surface area contributed by atoms with Gasteiger partial charge >= 0.3 is 0 Å². The summed E-state index contributed by atoms with van der Waals surface area (Å²) in [4.78, 5) is 14.0. The largest absolute Gasteiger partial charge is 0.298 e. The highest BCUT2D eigenvalue weighted by atomic mass is 16.1. The van der Waals surface area contributed by atoms with Gasteiger partial charge in [-0.1, -0.05) is 12.8 Å². The summed E-state index contributed by atoms with van der Waals surface area (Å²) in [5.74, 6) is 1.29. The van der Waals surface area contributed by atoms with Crippen LogP contribution in [0.15, 0.2) is 0 Å². The summed E-state index contributed by atoms with van der Waals surface area (Å²) in [6, 6.07) is 0. The van der Waals surface area contributed by atoms with Gasteiger partial charge in [-0.15, -0.1) is 0 Å². The SMILES string of the molecule is CC1(C)C(=O)CCN1CC1CCCC1. The molecule has 1 aliphatic heterocycles. The third-order valence-electron chi connectivity index (χ3n) is 4.04. The maximum Gasteiger partial charge on any atom is 0.153 e. The summed E-state index contributed by atoms with van der Waals surface area (Å²) < 4.78 is 0. The second-order valence-electron chi connectivity index (χ2n) is 5.33. The van der Waals surface area contributed by atoms with Gasteiger partial charge in [0, 0.05) is 19.5 Å². The molecule has 2 rings (SSSR count). The van der Waals surface area contributed by atoms with Crippen LogP contribution >= 0.6 is 0 Å². The molecule has 0 amide bonds. The molecule has 1 heterocycles. The lowest BCUT2D eigenvalue weighted by Gasteiger charge is -2.32. The van der Waals surface area contributed by atoms with Crippen LogP contribution in [0.5, 0.6) is 0 Å². The summed E-state index contributed by atoms with van der Waals surface area (Å²) in [6.45, 7) is 6.30. The average molecular weight is 195 g/mol. The standard InChI is InChI=1S/C12H21NO/c1-12(2)11(14)7-8-13(12)9-10-5-3-4-6-10/h10H,3-9H2,1-2H3. The molecule has 0 N–H and O–H groups in total. The van der Waals surface area contributed by atoms with Crippen molar-refractivity contribution in [2.75, 3.05) is 13.1 Å². The number of likely N-dealkylation sites (tertiary alicyclic amines) is 1. The minimum atomic E-state index is -0.178. The number of carbonyl (C=O) groups is 1. The zero-order valence-electron chi connectivity index (χ0n) is 9.38. The quantitative estimate of drug-likeness (QED) is 0.673. The Bertz CT molecular complexity index is 228. The molecular weight excluding hydrogens is 174 g/mol. The Morgan fingerprint density at radius 1 is 1.36 bits per heavy atom. The van der Waals surface area contributed by atoms with E-state index in [1.54, 1.807) is 0 Å². The lowest BCUT2D eigenvalue weighted by molar-refractivity contribution is -0.123. The molecule has 0 bridgehead atoms. The normalized spacial score (nSPS) is 28.9. The van der Waals surface area contributed by atoms with Crippen molar-refractivity contribution in [3.8, 4) is 0 Å². The Morgan fingerprint density at radius 2 is 2.00 bits per heavy atom. The predicted molar refractivity (Wildman–Crippen MR) is 57.2 cm³/mol. The van der Waals surface area contributed by atoms with Gasteiger partial charge in [-0.3, -0.25) is 9.69 Å². The molecule has 0 unspecified atom stereocenters. The fourth-order valence-corrected chi connectivity index (χ4v) is 2.82. The molecule has 0 atom stereocenters. The number of rotatable bonds is 2. The van der Waals surface area contributed by atoms with Crippen LogP contribution in [0.2, 0.25) is 0 Å². The maximum atomic E-state index is 11.6. The van der Waals surface area contributed by atoms with Crippen molar-refractivity contribution in [2.45, 2.75) is 51.5 Å². The van der Waals surface area contributed by atoms with Crippen molar-refractivity contribution in [3.63, 3.8) is 0 Å². The molecule has 80 valence electrons. The second kappa shape index (κ2) is 3.65. The van der Waals surface area contributed by atoms with E-state index in [2.05, 4.69) is 18.7 Å². The van der Waals surface area contributed by atoms with Crippen LogP contribution in [0.3, 0.4) is 0 Å². The van der Waals surface area contributed by atoms with E-state index < -0.39 is 0 Å². The smallest absolute Gasteiger partial charge is 0.153 e. The first-order chi connectivity index (χ1) is 6.60. The van der Waals surface area contributed by atoms with Gasteiger partial charge in [0.25, 0.3) is 0 Å². The van der Waals surface area contributed by atoms with Gasteiger partial charge in [0.05, 0.1) is 5.54 Å². The van der Waals surface area contributed by atoms with E-state index in [0.29, 0.717) is 5.78 Å². The van der Waals surface area contributed by atoms with Crippen LogP contribution in [-0.2, 0) is 4.79 Å². The van der Waals surface area contributed by atoms with Crippen LogP contribution in [-0.4, -0.2) is 29.3 Å². The highest BCUT2D eigenvalue weighted by molar-refractivity contribution is 5.89.